The van der Waals surface area contributed by atoms with Gasteiger partial charge in [-0.05, 0) is 24.6 Å². The van der Waals surface area contributed by atoms with Gasteiger partial charge in [0.25, 0.3) is 10.2 Å². The molecule has 33 heavy (non-hydrogen) atoms. The smallest absolute Gasteiger partial charge is 0.296 e. The Morgan fingerprint density at radius 3 is 2.21 bits per heavy atom. The summed E-state index contributed by atoms with van der Waals surface area (Å²) in [5.41, 5.74) is 1.63. The summed E-state index contributed by atoms with van der Waals surface area (Å²) < 4.78 is 55.5. The van der Waals surface area contributed by atoms with Gasteiger partial charge in [-0.2, -0.15) is 13.4 Å². The molecule has 1 aromatic heterocycles. The standard InChI is InChI=1S/C20H23FN6O5S/c1-11-5-6-14(15(7-11)27-33(22,28)29)25-19-13(21)10-23-20(26-19)24-12-8-16(30-2)18(32-4)17(9-12)31-3/h5-10,27H,1-4H3,(H2,22,28,29)(H2,23,24,25,26). The Bertz CT molecular complexity index is 1250. The summed E-state index contributed by atoms with van der Waals surface area (Å²) in [6.45, 7) is 1.77. The van der Waals surface area contributed by atoms with E-state index in [0.29, 0.717) is 22.9 Å². The number of hydrogen-bond donors (Lipinski definition) is 4. The zero-order valence-corrected chi connectivity index (χ0v) is 19.1. The quantitative estimate of drug-likeness (QED) is 0.364. The zero-order valence-electron chi connectivity index (χ0n) is 18.3. The Kier molecular flexibility index (Phi) is 7.04. The van der Waals surface area contributed by atoms with Gasteiger partial charge in [0.1, 0.15) is 0 Å². The number of nitrogens with one attached hydrogen (secondary N) is 3. The highest BCUT2D eigenvalue weighted by molar-refractivity contribution is 7.90. The fraction of sp³-hybridized carbons (Fsp3) is 0.200. The monoisotopic (exact) mass is 478 g/mol. The molecule has 0 atom stereocenters. The molecule has 0 fully saturated rings. The maximum absolute atomic E-state index is 14.4. The van der Waals surface area contributed by atoms with Gasteiger partial charge in [0, 0.05) is 17.8 Å². The van der Waals surface area contributed by atoms with Crippen LogP contribution in [0.5, 0.6) is 17.2 Å². The highest BCUT2D eigenvalue weighted by Gasteiger charge is 2.16. The largest absolute Gasteiger partial charge is 0.493 e. The van der Waals surface area contributed by atoms with Crippen LogP contribution in [0.3, 0.4) is 0 Å². The first-order valence-electron chi connectivity index (χ1n) is 9.41. The highest BCUT2D eigenvalue weighted by Crippen LogP contribution is 2.40. The minimum absolute atomic E-state index is 0.0567. The van der Waals surface area contributed by atoms with Crippen LogP contribution in [0, 0.1) is 12.7 Å². The van der Waals surface area contributed by atoms with Gasteiger partial charge in [0.2, 0.25) is 11.7 Å². The number of aryl methyl sites for hydroxylation is 1. The van der Waals surface area contributed by atoms with E-state index in [4.69, 9.17) is 19.3 Å². The number of anilines is 5. The third-order valence-corrected chi connectivity index (χ3v) is 4.85. The SMILES string of the molecule is COc1cc(Nc2ncc(F)c(Nc3ccc(C)cc3NS(N)(=O)=O)n2)cc(OC)c1OC. The molecule has 0 bridgehead atoms. The molecule has 0 amide bonds. The van der Waals surface area contributed by atoms with Gasteiger partial charge in [0.05, 0.1) is 38.9 Å². The van der Waals surface area contributed by atoms with Crippen LogP contribution >= 0.6 is 0 Å². The zero-order chi connectivity index (χ0) is 24.2. The van der Waals surface area contributed by atoms with E-state index in [-0.39, 0.29) is 23.1 Å². The fourth-order valence-electron chi connectivity index (χ4n) is 2.93. The molecule has 0 unspecified atom stereocenters. The van der Waals surface area contributed by atoms with Crippen molar-refractivity contribution in [2.45, 2.75) is 6.92 Å². The Balaban J connectivity index is 1.93. The lowest BCUT2D eigenvalue weighted by Crippen LogP contribution is -2.22. The van der Waals surface area contributed by atoms with E-state index in [0.717, 1.165) is 11.8 Å². The number of ether oxygens (including phenoxy) is 3. The van der Waals surface area contributed by atoms with Crippen LogP contribution in [0.2, 0.25) is 0 Å². The van der Waals surface area contributed by atoms with E-state index >= 15 is 0 Å². The molecule has 3 rings (SSSR count). The summed E-state index contributed by atoms with van der Waals surface area (Å²) in [6.07, 6.45) is 0.969. The fourth-order valence-corrected chi connectivity index (χ4v) is 3.41. The van der Waals surface area contributed by atoms with E-state index in [1.54, 1.807) is 37.3 Å². The average molecular weight is 479 g/mol. The van der Waals surface area contributed by atoms with Gasteiger partial charge in [-0.3, -0.25) is 4.72 Å². The lowest BCUT2D eigenvalue weighted by atomic mass is 10.2. The number of hydrogen-bond acceptors (Lipinski definition) is 9. The molecule has 0 aliphatic rings. The molecular formula is C20H23FN6O5S. The van der Waals surface area contributed by atoms with Crippen molar-refractivity contribution in [2.75, 3.05) is 36.7 Å². The summed E-state index contributed by atoms with van der Waals surface area (Å²) in [6, 6.07) is 8.09. The van der Waals surface area contributed by atoms with E-state index < -0.39 is 16.0 Å². The molecule has 5 N–H and O–H groups in total. The van der Waals surface area contributed by atoms with Gasteiger partial charge >= 0.3 is 0 Å². The molecule has 3 aromatic rings. The molecule has 0 radical (unpaired) electrons. The molecule has 13 heteroatoms. The van der Waals surface area contributed by atoms with Crippen molar-refractivity contribution in [3.8, 4) is 17.2 Å². The van der Waals surface area contributed by atoms with Crippen molar-refractivity contribution in [1.82, 2.24) is 9.97 Å². The molecule has 2 aromatic carbocycles. The molecule has 0 aliphatic carbocycles. The Morgan fingerprint density at radius 2 is 1.64 bits per heavy atom. The van der Waals surface area contributed by atoms with Crippen LogP contribution in [0.15, 0.2) is 36.5 Å². The number of halogens is 1. The topological polar surface area (TPSA) is 150 Å². The number of aromatic nitrogens is 2. The molecule has 0 spiro atoms. The van der Waals surface area contributed by atoms with Crippen molar-refractivity contribution >= 4 is 39.0 Å². The van der Waals surface area contributed by atoms with E-state index in [1.165, 1.54) is 21.3 Å². The third-order valence-electron chi connectivity index (χ3n) is 4.35. The van der Waals surface area contributed by atoms with Crippen LogP contribution in [-0.4, -0.2) is 39.7 Å². The first-order chi connectivity index (χ1) is 15.6. The Labute approximate surface area is 190 Å². The van der Waals surface area contributed by atoms with Crippen molar-refractivity contribution in [2.24, 2.45) is 5.14 Å². The average Bonchev–Trinajstić information content (AvgIpc) is 2.76. The van der Waals surface area contributed by atoms with E-state index in [1.807, 2.05) is 0 Å². The van der Waals surface area contributed by atoms with Crippen molar-refractivity contribution in [1.29, 1.82) is 0 Å². The van der Waals surface area contributed by atoms with E-state index in [2.05, 4.69) is 25.3 Å². The number of nitrogens with zero attached hydrogens (tertiary/aromatic N) is 2. The lowest BCUT2D eigenvalue weighted by Gasteiger charge is -2.16. The molecule has 0 saturated carbocycles. The van der Waals surface area contributed by atoms with Crippen LogP contribution in [0.1, 0.15) is 5.56 Å². The van der Waals surface area contributed by atoms with Crippen LogP contribution in [0.4, 0.5) is 33.2 Å². The second-order valence-corrected chi connectivity index (χ2v) is 8.04. The van der Waals surface area contributed by atoms with Crippen molar-refractivity contribution in [3.05, 3.63) is 47.9 Å². The van der Waals surface area contributed by atoms with Gasteiger partial charge in [-0.15, -0.1) is 0 Å². The van der Waals surface area contributed by atoms with Crippen molar-refractivity contribution < 1.29 is 27.0 Å². The number of methoxy groups -OCH3 is 3. The maximum atomic E-state index is 14.4. The molecule has 176 valence electrons. The molecule has 0 aliphatic heterocycles. The van der Waals surface area contributed by atoms with Crippen LogP contribution in [0.25, 0.3) is 0 Å². The van der Waals surface area contributed by atoms with Gasteiger partial charge in [-0.25, -0.2) is 14.5 Å². The predicted molar refractivity (Wildman–Crippen MR) is 123 cm³/mol. The van der Waals surface area contributed by atoms with Gasteiger partial charge in [0.15, 0.2) is 23.1 Å². The molecule has 1 heterocycles. The normalized spacial score (nSPS) is 11.0. The minimum Gasteiger partial charge on any atom is -0.493 e. The highest BCUT2D eigenvalue weighted by atomic mass is 32.2. The third kappa shape index (κ3) is 5.90. The second kappa shape index (κ2) is 9.75. The minimum atomic E-state index is -4.05. The maximum Gasteiger partial charge on any atom is 0.296 e. The first-order valence-corrected chi connectivity index (χ1v) is 11.0. The first kappa shape index (κ1) is 23.8. The molecular weight excluding hydrogens is 455 g/mol. The Morgan fingerprint density at radius 1 is 0.970 bits per heavy atom. The summed E-state index contributed by atoms with van der Waals surface area (Å²) in [5, 5.41) is 10.8. The number of benzene rings is 2. The predicted octanol–water partition coefficient (Wildman–Crippen LogP) is 3.05. The lowest BCUT2D eigenvalue weighted by molar-refractivity contribution is 0.324. The summed E-state index contributed by atoms with van der Waals surface area (Å²) in [5.74, 6) is 0.314. The number of nitrogens with two attached hydrogens (primary N) is 1. The summed E-state index contributed by atoms with van der Waals surface area (Å²) in [7, 11) is 0.392. The Hall–Kier alpha value is -3.84. The summed E-state index contributed by atoms with van der Waals surface area (Å²) >= 11 is 0. The summed E-state index contributed by atoms with van der Waals surface area (Å²) in [4.78, 5) is 8.09. The van der Waals surface area contributed by atoms with Crippen molar-refractivity contribution in [3.63, 3.8) is 0 Å². The van der Waals surface area contributed by atoms with E-state index in [9.17, 15) is 12.8 Å². The number of rotatable bonds is 9. The molecule has 0 saturated heterocycles. The second-order valence-electron chi connectivity index (χ2n) is 6.75. The van der Waals surface area contributed by atoms with Gasteiger partial charge < -0.3 is 24.8 Å². The van der Waals surface area contributed by atoms with Crippen LogP contribution < -0.4 is 34.7 Å². The molecule has 11 nitrogen and oxygen atoms in total. The van der Waals surface area contributed by atoms with Gasteiger partial charge in [-0.1, -0.05) is 6.07 Å². The van der Waals surface area contributed by atoms with Crippen LogP contribution in [-0.2, 0) is 10.2 Å².